The molecule has 0 saturated carbocycles. The number of aliphatic carboxylic acids is 1. The number of hydrogen-bond donors (Lipinski definition) is 3. The van der Waals surface area contributed by atoms with E-state index in [-0.39, 0.29) is 17.0 Å². The molecule has 0 bridgehead atoms. The highest BCUT2D eigenvalue weighted by atomic mass is 32.2. The molecule has 0 spiro atoms. The van der Waals surface area contributed by atoms with Crippen LogP contribution >= 0.6 is 23.5 Å². The molecule has 0 aliphatic carbocycles. The summed E-state index contributed by atoms with van der Waals surface area (Å²) in [6.07, 6.45) is 1.11. The van der Waals surface area contributed by atoms with Gasteiger partial charge in [0, 0.05) is 23.3 Å². The topological polar surface area (TPSA) is 95.7 Å². The fraction of sp³-hybridized carbons (Fsp3) is 0.667. The van der Waals surface area contributed by atoms with E-state index in [0.29, 0.717) is 16.8 Å². The minimum absolute atomic E-state index is 0.166. The van der Waals surface area contributed by atoms with Crippen molar-refractivity contribution in [1.82, 2.24) is 10.2 Å². The van der Waals surface area contributed by atoms with Gasteiger partial charge in [-0.1, -0.05) is 0 Å². The fourth-order valence-corrected chi connectivity index (χ4v) is 5.30. The van der Waals surface area contributed by atoms with Gasteiger partial charge in [-0.15, -0.1) is 11.8 Å². The zero-order valence-electron chi connectivity index (χ0n) is 10.9. The van der Waals surface area contributed by atoms with Gasteiger partial charge in [-0.2, -0.15) is 11.8 Å². The van der Waals surface area contributed by atoms with E-state index < -0.39 is 12.0 Å². The first-order valence-corrected chi connectivity index (χ1v) is 8.67. The molecule has 0 aromatic carbocycles. The Morgan fingerprint density at radius 2 is 2.40 bits per heavy atom. The maximum atomic E-state index is 11.8. The lowest BCUT2D eigenvalue weighted by molar-refractivity contribution is -0.147. The molecule has 2 saturated heterocycles. The molecule has 3 aliphatic rings. The third-order valence-electron chi connectivity index (χ3n) is 3.80. The van der Waals surface area contributed by atoms with Crippen LogP contribution in [0.3, 0.4) is 0 Å². The molecule has 1 amide bonds. The summed E-state index contributed by atoms with van der Waals surface area (Å²) in [4.78, 5) is 24.6. The second kappa shape index (κ2) is 5.59. The zero-order valence-corrected chi connectivity index (χ0v) is 12.5. The lowest BCUT2D eigenvalue weighted by atomic mass is 10.0. The summed E-state index contributed by atoms with van der Waals surface area (Å²) in [5.74, 6) is 0.0317. The molecule has 20 heavy (non-hydrogen) atoms. The average Bonchev–Trinajstić information content (AvgIpc) is 2.96. The highest BCUT2D eigenvalue weighted by molar-refractivity contribution is 8.01. The van der Waals surface area contributed by atoms with Crippen molar-refractivity contribution < 1.29 is 14.7 Å². The Hall–Kier alpha value is -0.700. The molecule has 3 heterocycles. The van der Waals surface area contributed by atoms with Crippen LogP contribution in [0.1, 0.15) is 6.42 Å². The summed E-state index contributed by atoms with van der Waals surface area (Å²) < 4.78 is 0. The smallest absolute Gasteiger partial charge is 0.352 e. The molecule has 0 aromatic rings. The third-order valence-corrected chi connectivity index (χ3v) is 6.55. The van der Waals surface area contributed by atoms with Crippen LogP contribution in [0.5, 0.6) is 0 Å². The average molecular weight is 315 g/mol. The summed E-state index contributed by atoms with van der Waals surface area (Å²) in [7, 11) is 0. The predicted octanol–water partition coefficient (Wildman–Crippen LogP) is -0.337. The minimum atomic E-state index is -1.02. The SMILES string of the molecule is N[C@@H]1C(=O)N2C(C(=O)O)=C(CS[C@H]3CCNC3)CS[C@H]12. The Kier molecular flexibility index (Phi) is 3.98. The van der Waals surface area contributed by atoms with Crippen molar-refractivity contribution in [2.24, 2.45) is 5.73 Å². The Bertz CT molecular complexity index is 477. The van der Waals surface area contributed by atoms with Crippen LogP contribution in [-0.4, -0.2) is 63.1 Å². The molecular weight excluding hydrogens is 298 g/mol. The molecule has 2 fully saturated rings. The number of nitrogens with two attached hydrogens (primary N) is 1. The third kappa shape index (κ3) is 2.34. The number of fused-ring (bicyclic) bond motifs is 1. The number of amides is 1. The van der Waals surface area contributed by atoms with Gasteiger partial charge in [0.15, 0.2) is 0 Å². The van der Waals surface area contributed by atoms with E-state index in [1.54, 1.807) is 23.5 Å². The number of carbonyl (C=O) groups excluding carboxylic acids is 1. The van der Waals surface area contributed by atoms with Gasteiger partial charge in [-0.05, 0) is 18.5 Å². The van der Waals surface area contributed by atoms with Gasteiger partial charge in [0.25, 0.3) is 0 Å². The second-order valence-corrected chi connectivity index (χ2v) is 7.51. The molecular formula is C12H17N3O3S2. The molecule has 3 rings (SSSR count). The summed E-state index contributed by atoms with van der Waals surface area (Å²) in [5.41, 5.74) is 6.73. The first-order valence-electron chi connectivity index (χ1n) is 6.57. The van der Waals surface area contributed by atoms with Crippen LogP contribution < -0.4 is 11.1 Å². The van der Waals surface area contributed by atoms with Crippen molar-refractivity contribution in [3.8, 4) is 0 Å². The summed E-state index contributed by atoms with van der Waals surface area (Å²) in [6, 6.07) is -0.553. The number of β-lactam (4-membered cyclic amide) rings is 1. The quantitative estimate of drug-likeness (QED) is 0.611. The maximum Gasteiger partial charge on any atom is 0.352 e. The van der Waals surface area contributed by atoms with Gasteiger partial charge in [0.1, 0.15) is 17.1 Å². The molecule has 3 aliphatic heterocycles. The fourth-order valence-electron chi connectivity index (χ4n) is 2.68. The molecule has 8 heteroatoms. The molecule has 0 unspecified atom stereocenters. The van der Waals surface area contributed by atoms with E-state index >= 15 is 0 Å². The van der Waals surface area contributed by atoms with Gasteiger partial charge in [0.2, 0.25) is 5.91 Å². The normalized spacial score (nSPS) is 33.1. The molecule has 110 valence electrons. The predicted molar refractivity (Wildman–Crippen MR) is 79.5 cm³/mol. The van der Waals surface area contributed by atoms with E-state index in [1.807, 2.05) is 0 Å². The minimum Gasteiger partial charge on any atom is -0.477 e. The van der Waals surface area contributed by atoms with Crippen molar-refractivity contribution in [1.29, 1.82) is 0 Å². The number of hydrogen-bond acceptors (Lipinski definition) is 6. The Morgan fingerprint density at radius 3 is 3.05 bits per heavy atom. The molecule has 0 aromatic heterocycles. The van der Waals surface area contributed by atoms with Crippen LogP contribution in [0.2, 0.25) is 0 Å². The Balaban J connectivity index is 1.75. The summed E-state index contributed by atoms with van der Waals surface area (Å²) >= 11 is 3.34. The van der Waals surface area contributed by atoms with Gasteiger partial charge >= 0.3 is 5.97 Å². The zero-order chi connectivity index (χ0) is 14.3. The van der Waals surface area contributed by atoms with Crippen molar-refractivity contribution >= 4 is 35.4 Å². The van der Waals surface area contributed by atoms with E-state index in [9.17, 15) is 14.7 Å². The largest absolute Gasteiger partial charge is 0.477 e. The van der Waals surface area contributed by atoms with E-state index in [4.69, 9.17) is 5.73 Å². The van der Waals surface area contributed by atoms with Crippen LogP contribution in [0.4, 0.5) is 0 Å². The molecule has 4 N–H and O–H groups in total. The van der Waals surface area contributed by atoms with Crippen molar-refractivity contribution in [3.05, 3.63) is 11.3 Å². The lowest BCUT2D eigenvalue weighted by Crippen LogP contribution is -2.68. The van der Waals surface area contributed by atoms with E-state index in [2.05, 4.69) is 5.32 Å². The lowest BCUT2D eigenvalue weighted by Gasteiger charge is -2.48. The van der Waals surface area contributed by atoms with Crippen LogP contribution in [0.25, 0.3) is 0 Å². The van der Waals surface area contributed by atoms with Crippen molar-refractivity contribution in [3.63, 3.8) is 0 Å². The molecule has 6 nitrogen and oxygen atoms in total. The monoisotopic (exact) mass is 315 g/mol. The highest BCUT2D eigenvalue weighted by Crippen LogP contribution is 2.40. The van der Waals surface area contributed by atoms with Gasteiger partial charge in [-0.25, -0.2) is 4.79 Å². The molecule has 3 atom stereocenters. The van der Waals surface area contributed by atoms with E-state index in [1.165, 1.54) is 4.90 Å². The van der Waals surface area contributed by atoms with Crippen molar-refractivity contribution in [2.45, 2.75) is 23.1 Å². The van der Waals surface area contributed by atoms with Gasteiger partial charge in [-0.3, -0.25) is 9.69 Å². The maximum absolute atomic E-state index is 11.8. The number of nitrogens with one attached hydrogen (secondary N) is 1. The summed E-state index contributed by atoms with van der Waals surface area (Å²) in [5, 5.41) is 13.0. The van der Waals surface area contributed by atoms with Crippen LogP contribution in [0.15, 0.2) is 11.3 Å². The standard InChI is InChI=1S/C12H17N3O3S2/c13-8-10(16)15-9(12(17)18)6(5-20-11(8)15)4-19-7-1-2-14-3-7/h7-8,11,14H,1-5,13H2,(H,17,18)/t7-,8+,11+/m0/s1. The van der Waals surface area contributed by atoms with Crippen LogP contribution in [-0.2, 0) is 9.59 Å². The number of rotatable bonds is 4. The Morgan fingerprint density at radius 1 is 1.60 bits per heavy atom. The second-order valence-electron chi connectivity index (χ2n) is 5.12. The first kappa shape index (κ1) is 14.2. The number of carboxylic acids is 1. The highest BCUT2D eigenvalue weighted by Gasteiger charge is 2.51. The first-order chi connectivity index (χ1) is 9.59. The van der Waals surface area contributed by atoms with Crippen molar-refractivity contribution in [2.75, 3.05) is 24.6 Å². The van der Waals surface area contributed by atoms with Gasteiger partial charge < -0.3 is 16.2 Å². The number of carbonyl (C=O) groups is 2. The van der Waals surface area contributed by atoms with Crippen LogP contribution in [0, 0.1) is 0 Å². The number of carboxylic acid groups (broad SMARTS) is 1. The summed E-state index contributed by atoms with van der Waals surface area (Å²) in [6.45, 7) is 2.00. The van der Waals surface area contributed by atoms with E-state index in [0.717, 1.165) is 25.1 Å². The van der Waals surface area contributed by atoms with Gasteiger partial charge in [0.05, 0.1) is 0 Å². The number of thioether (sulfide) groups is 2. The molecule has 0 radical (unpaired) electrons. The Labute approximate surface area is 125 Å². The number of nitrogens with zero attached hydrogens (tertiary/aromatic N) is 1.